The molecule has 2 amide bonds. The second-order valence-corrected chi connectivity index (χ2v) is 7.20. The van der Waals surface area contributed by atoms with Crippen LogP contribution in [0.3, 0.4) is 0 Å². The molecule has 2 aliphatic rings. The number of fused-ring (bicyclic) bond motifs is 2. The molecule has 1 aromatic heterocycles. The number of methoxy groups -OCH3 is 1. The summed E-state index contributed by atoms with van der Waals surface area (Å²) in [6.07, 6.45) is 2.12. The summed E-state index contributed by atoms with van der Waals surface area (Å²) in [6.45, 7) is 6.77. The number of rotatable bonds is 1. The van der Waals surface area contributed by atoms with Crippen molar-refractivity contribution in [1.82, 2.24) is 10.3 Å². The molecule has 7 heteroatoms. The van der Waals surface area contributed by atoms with E-state index in [2.05, 4.69) is 10.3 Å². The fourth-order valence-corrected chi connectivity index (χ4v) is 3.37. The van der Waals surface area contributed by atoms with E-state index in [1.54, 1.807) is 26.8 Å². The molecular formula is C17H23N3O4. The van der Waals surface area contributed by atoms with Gasteiger partial charge in [-0.2, -0.15) is 0 Å². The molecule has 2 aliphatic heterocycles. The van der Waals surface area contributed by atoms with Crippen molar-refractivity contribution in [2.24, 2.45) is 0 Å². The first-order valence-electron chi connectivity index (χ1n) is 8.11. The predicted octanol–water partition coefficient (Wildman–Crippen LogP) is 1.99. The van der Waals surface area contributed by atoms with Gasteiger partial charge >= 0.3 is 6.09 Å². The highest BCUT2D eigenvalue weighted by atomic mass is 16.6. The highest BCUT2D eigenvalue weighted by Gasteiger charge is 2.54. The third kappa shape index (κ3) is 2.62. The molecule has 3 rings (SSSR count). The van der Waals surface area contributed by atoms with Crippen LogP contribution in [0.15, 0.2) is 12.3 Å². The topological polar surface area (TPSA) is 80.8 Å². The van der Waals surface area contributed by atoms with Crippen LogP contribution in [0.4, 0.5) is 10.5 Å². The summed E-state index contributed by atoms with van der Waals surface area (Å²) in [6, 6.07) is 1.77. The summed E-state index contributed by atoms with van der Waals surface area (Å²) in [5.41, 5.74) is -0.0988. The van der Waals surface area contributed by atoms with Crippen LogP contribution in [0, 0.1) is 0 Å². The quantitative estimate of drug-likeness (QED) is 0.846. The molecule has 1 fully saturated rings. The first kappa shape index (κ1) is 16.7. The second-order valence-electron chi connectivity index (χ2n) is 7.20. The Morgan fingerprint density at radius 1 is 1.33 bits per heavy atom. The van der Waals surface area contributed by atoms with E-state index in [0.717, 1.165) is 23.6 Å². The Morgan fingerprint density at radius 2 is 2.00 bits per heavy atom. The van der Waals surface area contributed by atoms with Crippen molar-refractivity contribution in [3.05, 3.63) is 17.8 Å². The lowest BCUT2D eigenvalue weighted by Gasteiger charge is -2.33. The number of nitrogens with one attached hydrogen (secondary N) is 1. The zero-order valence-corrected chi connectivity index (χ0v) is 14.5. The molecule has 0 radical (unpaired) electrons. The molecule has 0 aromatic carbocycles. The molecule has 3 heterocycles. The number of imide groups is 1. The van der Waals surface area contributed by atoms with Gasteiger partial charge in [-0.05, 0) is 52.3 Å². The van der Waals surface area contributed by atoms with E-state index in [9.17, 15) is 9.59 Å². The minimum Gasteiger partial charge on any atom is -0.481 e. The average Bonchev–Trinajstić information content (AvgIpc) is 2.75. The third-order valence-electron chi connectivity index (χ3n) is 4.47. The molecular weight excluding hydrogens is 310 g/mol. The molecule has 7 nitrogen and oxygen atoms in total. The third-order valence-corrected chi connectivity index (χ3v) is 4.47. The minimum absolute atomic E-state index is 0.233. The summed E-state index contributed by atoms with van der Waals surface area (Å²) in [4.78, 5) is 31.1. The molecule has 0 saturated carbocycles. The van der Waals surface area contributed by atoms with Crippen molar-refractivity contribution < 1.29 is 19.1 Å². The number of ether oxygens (including phenoxy) is 2. The Kier molecular flexibility index (Phi) is 3.99. The Balaban J connectivity index is 2.07. The van der Waals surface area contributed by atoms with Gasteiger partial charge in [-0.15, -0.1) is 0 Å². The van der Waals surface area contributed by atoms with Crippen LogP contribution in [0.25, 0.3) is 0 Å². The summed E-state index contributed by atoms with van der Waals surface area (Å²) in [7, 11) is 1.53. The molecule has 1 saturated heterocycles. The Labute approximate surface area is 141 Å². The first-order chi connectivity index (χ1) is 11.3. The smallest absolute Gasteiger partial charge is 0.421 e. The van der Waals surface area contributed by atoms with Gasteiger partial charge in [0.15, 0.2) is 0 Å². The van der Waals surface area contributed by atoms with Crippen LogP contribution in [0.2, 0.25) is 0 Å². The monoisotopic (exact) mass is 333 g/mol. The fourth-order valence-electron chi connectivity index (χ4n) is 3.37. The van der Waals surface area contributed by atoms with Crippen LogP contribution in [0.1, 0.15) is 39.2 Å². The zero-order valence-electron chi connectivity index (χ0n) is 14.5. The maximum absolute atomic E-state index is 13.2. The Hall–Kier alpha value is -2.15. The van der Waals surface area contributed by atoms with Gasteiger partial charge in [0.2, 0.25) is 11.8 Å². The maximum atomic E-state index is 13.2. The van der Waals surface area contributed by atoms with Gasteiger partial charge in [-0.1, -0.05) is 0 Å². The van der Waals surface area contributed by atoms with Crippen molar-refractivity contribution in [3.8, 4) is 5.88 Å². The summed E-state index contributed by atoms with van der Waals surface area (Å²) in [5, 5.41) is 3.26. The van der Waals surface area contributed by atoms with Gasteiger partial charge < -0.3 is 14.8 Å². The summed E-state index contributed by atoms with van der Waals surface area (Å²) < 4.78 is 10.6. The lowest BCUT2D eigenvalue weighted by Crippen LogP contribution is -2.49. The highest BCUT2D eigenvalue weighted by molar-refractivity contribution is 6.21. The second kappa shape index (κ2) is 5.73. The van der Waals surface area contributed by atoms with Crippen molar-refractivity contribution in [3.63, 3.8) is 0 Å². The number of amides is 2. The van der Waals surface area contributed by atoms with Crippen LogP contribution in [-0.2, 0) is 14.9 Å². The van der Waals surface area contributed by atoms with Gasteiger partial charge in [-0.3, -0.25) is 4.79 Å². The molecule has 130 valence electrons. The number of hydrogen-bond donors (Lipinski definition) is 1. The largest absolute Gasteiger partial charge is 0.481 e. The number of anilines is 1. The first-order valence-corrected chi connectivity index (χ1v) is 8.11. The normalized spacial score (nSPS) is 19.3. The van der Waals surface area contributed by atoms with Crippen LogP contribution in [-0.4, -0.2) is 42.8 Å². The van der Waals surface area contributed by atoms with Crippen molar-refractivity contribution in [2.45, 2.75) is 44.6 Å². The standard InChI is InChI=1S/C17H23N3O4/c1-16(2,3)24-15(22)20-12-10-19-13(23-4)9-11(12)17(14(20)21)5-7-18-8-6-17/h9-10,18H,5-8H2,1-4H3. The van der Waals surface area contributed by atoms with E-state index >= 15 is 0 Å². The van der Waals surface area contributed by atoms with Gasteiger partial charge in [0, 0.05) is 6.07 Å². The van der Waals surface area contributed by atoms with Gasteiger partial charge in [0.1, 0.15) is 5.60 Å². The van der Waals surface area contributed by atoms with E-state index < -0.39 is 17.1 Å². The number of piperidine rings is 1. The number of carbonyl (C=O) groups is 2. The zero-order chi connectivity index (χ0) is 17.5. The fraction of sp³-hybridized carbons (Fsp3) is 0.588. The SMILES string of the molecule is COc1cc2c(cn1)N(C(=O)OC(C)(C)C)C(=O)C21CCNCC1. The molecule has 1 spiro atoms. The van der Waals surface area contributed by atoms with E-state index in [-0.39, 0.29) is 5.91 Å². The average molecular weight is 333 g/mol. The van der Waals surface area contributed by atoms with Crippen molar-refractivity contribution in [1.29, 1.82) is 0 Å². The molecule has 0 atom stereocenters. The summed E-state index contributed by atoms with van der Waals surface area (Å²) in [5.74, 6) is 0.203. The number of nitrogens with zero attached hydrogens (tertiary/aromatic N) is 2. The van der Waals surface area contributed by atoms with Crippen LogP contribution >= 0.6 is 0 Å². The lowest BCUT2D eigenvalue weighted by molar-refractivity contribution is -0.123. The van der Waals surface area contributed by atoms with Crippen molar-refractivity contribution >= 4 is 17.7 Å². The van der Waals surface area contributed by atoms with E-state index in [4.69, 9.17) is 9.47 Å². The number of pyridine rings is 1. The van der Waals surface area contributed by atoms with Crippen molar-refractivity contribution in [2.75, 3.05) is 25.1 Å². The lowest BCUT2D eigenvalue weighted by atomic mass is 9.74. The predicted molar refractivity (Wildman–Crippen MR) is 88.3 cm³/mol. The molecule has 24 heavy (non-hydrogen) atoms. The van der Waals surface area contributed by atoms with E-state index in [0.29, 0.717) is 24.4 Å². The van der Waals surface area contributed by atoms with Gasteiger partial charge in [0.05, 0.1) is 24.4 Å². The number of hydrogen-bond acceptors (Lipinski definition) is 6. The molecule has 0 unspecified atom stereocenters. The number of aromatic nitrogens is 1. The molecule has 1 N–H and O–H groups in total. The highest BCUT2D eigenvalue weighted by Crippen LogP contribution is 2.48. The molecule has 0 bridgehead atoms. The van der Waals surface area contributed by atoms with Crippen LogP contribution in [0.5, 0.6) is 5.88 Å². The Morgan fingerprint density at radius 3 is 2.58 bits per heavy atom. The number of carbonyl (C=O) groups excluding carboxylic acids is 2. The van der Waals surface area contributed by atoms with Gasteiger partial charge in [-0.25, -0.2) is 14.7 Å². The van der Waals surface area contributed by atoms with Crippen LogP contribution < -0.4 is 15.0 Å². The summed E-state index contributed by atoms with van der Waals surface area (Å²) >= 11 is 0. The van der Waals surface area contributed by atoms with Gasteiger partial charge in [0.25, 0.3) is 0 Å². The minimum atomic E-state index is -0.715. The van der Waals surface area contributed by atoms with E-state index in [1.165, 1.54) is 13.3 Å². The Bertz CT molecular complexity index is 675. The molecule has 1 aromatic rings. The van der Waals surface area contributed by atoms with E-state index in [1.807, 2.05) is 0 Å². The maximum Gasteiger partial charge on any atom is 0.421 e. The molecule has 0 aliphatic carbocycles.